The highest BCUT2D eigenvalue weighted by Gasteiger charge is 2.22. The van der Waals surface area contributed by atoms with E-state index < -0.39 is 0 Å². The van der Waals surface area contributed by atoms with Crippen molar-refractivity contribution in [1.29, 1.82) is 0 Å². The minimum absolute atomic E-state index is 0.306. The highest BCUT2D eigenvalue weighted by Crippen LogP contribution is 2.27. The summed E-state index contributed by atoms with van der Waals surface area (Å²) in [6.45, 7) is 3.33. The quantitative estimate of drug-likeness (QED) is 0.454. The lowest BCUT2D eigenvalue weighted by molar-refractivity contribution is 0.467. The molecule has 1 aliphatic heterocycles. The van der Waals surface area contributed by atoms with Gasteiger partial charge in [0, 0.05) is 45.1 Å². The number of imidazole rings is 1. The van der Waals surface area contributed by atoms with Crippen molar-refractivity contribution in [1.82, 2.24) is 20.2 Å². The Kier molecular flexibility index (Phi) is 7.10. The van der Waals surface area contributed by atoms with Crippen LogP contribution in [0.2, 0.25) is 5.02 Å². The van der Waals surface area contributed by atoms with Crippen molar-refractivity contribution in [3.63, 3.8) is 0 Å². The number of aliphatic imine (C=N–C) groups is 1. The lowest BCUT2D eigenvalue weighted by Gasteiger charge is -2.35. The van der Waals surface area contributed by atoms with Crippen LogP contribution in [0.25, 0.3) is 0 Å². The number of aromatic nitrogens is 2. The fourth-order valence-electron chi connectivity index (χ4n) is 4.00. The topological polar surface area (TPSA) is 57.5 Å². The van der Waals surface area contributed by atoms with Crippen molar-refractivity contribution in [3.05, 3.63) is 83.4 Å². The van der Waals surface area contributed by atoms with Crippen LogP contribution in [0, 0.1) is 0 Å². The van der Waals surface area contributed by atoms with Crippen LogP contribution in [-0.4, -0.2) is 41.7 Å². The molecule has 0 saturated carbocycles. The van der Waals surface area contributed by atoms with Crippen LogP contribution in [0.15, 0.2) is 72.0 Å². The van der Waals surface area contributed by atoms with Crippen LogP contribution in [0.4, 0.5) is 5.69 Å². The molecule has 1 aliphatic rings. The van der Waals surface area contributed by atoms with Crippen molar-refractivity contribution < 1.29 is 0 Å². The first-order chi connectivity index (χ1) is 15.2. The molecule has 7 heteroatoms. The van der Waals surface area contributed by atoms with E-state index in [1.54, 1.807) is 7.05 Å². The fourth-order valence-corrected chi connectivity index (χ4v) is 4.26. The third-order valence-electron chi connectivity index (χ3n) is 5.59. The molecule has 162 valence electrons. The lowest BCUT2D eigenvalue weighted by Crippen LogP contribution is -2.51. The minimum Gasteiger partial charge on any atom is -0.368 e. The predicted octanol–water partition coefficient (Wildman–Crippen LogP) is 3.92. The Morgan fingerprint density at radius 3 is 2.77 bits per heavy atom. The summed E-state index contributed by atoms with van der Waals surface area (Å²) in [6.07, 6.45) is 6.08. The van der Waals surface area contributed by atoms with E-state index >= 15 is 0 Å². The van der Waals surface area contributed by atoms with Gasteiger partial charge in [0.2, 0.25) is 0 Å². The van der Waals surface area contributed by atoms with Gasteiger partial charge < -0.3 is 20.1 Å². The minimum atomic E-state index is 0.306. The van der Waals surface area contributed by atoms with Crippen LogP contribution in [0.1, 0.15) is 24.2 Å². The normalized spacial score (nSPS) is 16.9. The molecule has 2 aromatic carbocycles. The van der Waals surface area contributed by atoms with Gasteiger partial charge in [0.05, 0.1) is 17.3 Å². The number of anilines is 1. The number of hydrogen-bond acceptors (Lipinski definition) is 3. The first-order valence-corrected chi connectivity index (χ1v) is 11.1. The van der Waals surface area contributed by atoms with Crippen molar-refractivity contribution >= 4 is 23.2 Å². The van der Waals surface area contributed by atoms with Crippen LogP contribution >= 0.6 is 11.6 Å². The Bertz CT molecular complexity index is 1000. The standard InChI is InChI=1S/C24H29ClN6/c1-26-24(28-16-23-27-13-15-31(23)17-19-8-3-2-4-9-19)29-20-10-7-14-30(18-20)22-12-6-5-11-21(22)25/h2-6,8-9,11-13,15,20H,7,10,14,16-18H2,1H3,(H2,26,28,29). The molecule has 1 unspecified atom stereocenters. The maximum absolute atomic E-state index is 6.41. The van der Waals surface area contributed by atoms with Gasteiger partial charge in [-0.2, -0.15) is 0 Å². The highest BCUT2D eigenvalue weighted by atomic mass is 35.5. The van der Waals surface area contributed by atoms with Crippen molar-refractivity contribution in [2.45, 2.75) is 32.0 Å². The molecule has 2 heterocycles. The van der Waals surface area contributed by atoms with Crippen molar-refractivity contribution in [2.24, 2.45) is 4.99 Å². The number of para-hydroxylation sites is 1. The van der Waals surface area contributed by atoms with Gasteiger partial charge in [0.1, 0.15) is 5.82 Å². The third-order valence-corrected chi connectivity index (χ3v) is 5.91. The number of hydrogen-bond donors (Lipinski definition) is 2. The van der Waals surface area contributed by atoms with E-state index in [9.17, 15) is 0 Å². The van der Waals surface area contributed by atoms with Gasteiger partial charge in [-0.25, -0.2) is 4.98 Å². The molecule has 1 fully saturated rings. The molecule has 6 nitrogen and oxygen atoms in total. The van der Waals surface area contributed by atoms with E-state index in [2.05, 4.69) is 60.4 Å². The Hall–Kier alpha value is -2.99. The molecule has 3 aromatic rings. The number of nitrogens with zero attached hydrogens (tertiary/aromatic N) is 4. The van der Waals surface area contributed by atoms with Gasteiger partial charge in [-0.1, -0.05) is 54.1 Å². The zero-order valence-electron chi connectivity index (χ0n) is 17.8. The predicted molar refractivity (Wildman–Crippen MR) is 128 cm³/mol. The van der Waals surface area contributed by atoms with Crippen LogP contribution in [-0.2, 0) is 13.1 Å². The van der Waals surface area contributed by atoms with Gasteiger partial charge in [-0.3, -0.25) is 4.99 Å². The molecule has 0 bridgehead atoms. The first kappa shape index (κ1) is 21.2. The van der Waals surface area contributed by atoms with E-state index in [0.717, 1.165) is 55.0 Å². The van der Waals surface area contributed by atoms with Gasteiger partial charge in [0.25, 0.3) is 0 Å². The summed E-state index contributed by atoms with van der Waals surface area (Å²) in [4.78, 5) is 11.3. The van der Waals surface area contributed by atoms with Gasteiger partial charge in [0.15, 0.2) is 5.96 Å². The summed E-state index contributed by atoms with van der Waals surface area (Å²) in [5.41, 5.74) is 2.35. The zero-order valence-corrected chi connectivity index (χ0v) is 18.6. The zero-order chi connectivity index (χ0) is 21.5. The Balaban J connectivity index is 1.33. The fraction of sp³-hybridized carbons (Fsp3) is 0.333. The highest BCUT2D eigenvalue weighted by molar-refractivity contribution is 6.33. The molecular formula is C24H29ClN6. The van der Waals surface area contributed by atoms with E-state index in [-0.39, 0.29) is 0 Å². The SMILES string of the molecule is CN=C(NCc1nccn1Cc1ccccc1)NC1CCCN(c2ccccc2Cl)C1. The molecular weight excluding hydrogens is 408 g/mol. The summed E-state index contributed by atoms with van der Waals surface area (Å²) in [7, 11) is 1.81. The van der Waals surface area contributed by atoms with E-state index in [1.807, 2.05) is 36.7 Å². The largest absolute Gasteiger partial charge is 0.368 e. The first-order valence-electron chi connectivity index (χ1n) is 10.7. The lowest BCUT2D eigenvalue weighted by atomic mass is 10.0. The summed E-state index contributed by atoms with van der Waals surface area (Å²) >= 11 is 6.41. The maximum atomic E-state index is 6.41. The molecule has 1 aromatic heterocycles. The van der Waals surface area contributed by atoms with Crippen molar-refractivity contribution in [3.8, 4) is 0 Å². The molecule has 4 rings (SSSR count). The molecule has 0 radical (unpaired) electrons. The van der Waals surface area contributed by atoms with E-state index in [1.165, 1.54) is 5.56 Å². The molecule has 0 spiro atoms. The molecule has 0 amide bonds. The number of guanidine groups is 1. The molecule has 1 saturated heterocycles. The second-order valence-corrected chi connectivity index (χ2v) is 8.17. The molecule has 31 heavy (non-hydrogen) atoms. The average molecular weight is 437 g/mol. The molecule has 1 atom stereocenters. The Morgan fingerprint density at radius 1 is 1.16 bits per heavy atom. The second-order valence-electron chi connectivity index (χ2n) is 7.76. The van der Waals surface area contributed by atoms with Gasteiger partial charge >= 0.3 is 0 Å². The second kappa shape index (κ2) is 10.4. The monoisotopic (exact) mass is 436 g/mol. The number of rotatable bonds is 6. The number of nitrogens with one attached hydrogen (secondary N) is 2. The van der Waals surface area contributed by atoms with Gasteiger partial charge in [-0.15, -0.1) is 0 Å². The summed E-state index contributed by atoms with van der Waals surface area (Å²) in [5, 5.41) is 7.80. The molecule has 0 aliphatic carbocycles. The summed E-state index contributed by atoms with van der Waals surface area (Å²) in [6, 6.07) is 18.8. The summed E-state index contributed by atoms with van der Waals surface area (Å²) < 4.78 is 2.16. The van der Waals surface area contributed by atoms with Crippen LogP contribution in [0.5, 0.6) is 0 Å². The maximum Gasteiger partial charge on any atom is 0.191 e. The number of halogens is 1. The Labute approximate surface area is 189 Å². The summed E-state index contributed by atoms with van der Waals surface area (Å²) in [5.74, 6) is 1.77. The smallest absolute Gasteiger partial charge is 0.191 e. The number of benzene rings is 2. The van der Waals surface area contributed by atoms with E-state index in [4.69, 9.17) is 11.6 Å². The number of piperidine rings is 1. The van der Waals surface area contributed by atoms with Crippen LogP contribution < -0.4 is 15.5 Å². The van der Waals surface area contributed by atoms with E-state index in [0.29, 0.717) is 12.6 Å². The third kappa shape index (κ3) is 5.58. The molecule has 2 N–H and O–H groups in total. The van der Waals surface area contributed by atoms with Gasteiger partial charge in [-0.05, 0) is 30.5 Å². The average Bonchev–Trinajstić information content (AvgIpc) is 3.24. The van der Waals surface area contributed by atoms with Crippen molar-refractivity contribution in [2.75, 3.05) is 25.0 Å². The Morgan fingerprint density at radius 2 is 1.97 bits per heavy atom. The van der Waals surface area contributed by atoms with Crippen LogP contribution in [0.3, 0.4) is 0 Å².